The molecule has 0 aliphatic rings. The molecule has 24 heavy (non-hydrogen) atoms. The number of amides is 1. The molecule has 5 heteroatoms. The van der Waals surface area contributed by atoms with E-state index in [4.69, 9.17) is 9.47 Å². The van der Waals surface area contributed by atoms with Crippen LogP contribution in [0.2, 0.25) is 0 Å². The molecular formula is C19H22BrNO3. The van der Waals surface area contributed by atoms with Crippen LogP contribution in [0.25, 0.3) is 0 Å². The predicted molar refractivity (Wildman–Crippen MR) is 98.0 cm³/mol. The molecule has 2 aromatic carbocycles. The van der Waals surface area contributed by atoms with Crippen LogP contribution in [-0.2, 0) is 17.9 Å². The molecule has 0 heterocycles. The van der Waals surface area contributed by atoms with Crippen molar-refractivity contribution in [2.24, 2.45) is 0 Å². The lowest BCUT2D eigenvalue weighted by atomic mass is 10.1. The van der Waals surface area contributed by atoms with Crippen LogP contribution >= 0.6 is 15.9 Å². The molecule has 0 bridgehead atoms. The van der Waals surface area contributed by atoms with Crippen molar-refractivity contribution < 1.29 is 14.3 Å². The van der Waals surface area contributed by atoms with Gasteiger partial charge in [-0.05, 0) is 56.2 Å². The van der Waals surface area contributed by atoms with Gasteiger partial charge in [0.15, 0.2) is 0 Å². The van der Waals surface area contributed by atoms with E-state index in [1.807, 2.05) is 69.3 Å². The molecule has 2 rings (SSSR count). The third-order valence-electron chi connectivity index (χ3n) is 3.08. The second-order valence-corrected chi connectivity index (χ2v) is 7.33. The van der Waals surface area contributed by atoms with E-state index in [0.717, 1.165) is 21.3 Å². The number of rotatable bonds is 5. The van der Waals surface area contributed by atoms with Crippen molar-refractivity contribution >= 4 is 22.0 Å². The Balaban J connectivity index is 1.80. The lowest BCUT2D eigenvalue weighted by Crippen LogP contribution is -2.32. The Morgan fingerprint density at radius 3 is 2.17 bits per heavy atom. The molecule has 4 nitrogen and oxygen atoms in total. The van der Waals surface area contributed by atoms with Gasteiger partial charge in [-0.3, -0.25) is 0 Å². The van der Waals surface area contributed by atoms with Crippen molar-refractivity contribution in [3.63, 3.8) is 0 Å². The fraction of sp³-hybridized carbons (Fsp3) is 0.316. The quantitative estimate of drug-likeness (QED) is 0.775. The van der Waals surface area contributed by atoms with Gasteiger partial charge in [0.1, 0.15) is 18.0 Å². The molecule has 0 fully saturated rings. The number of hydrogen-bond acceptors (Lipinski definition) is 3. The molecule has 128 valence electrons. The highest BCUT2D eigenvalue weighted by Crippen LogP contribution is 2.17. The molecule has 1 N–H and O–H groups in total. The molecule has 0 aliphatic heterocycles. The maximum absolute atomic E-state index is 11.6. The van der Waals surface area contributed by atoms with Gasteiger partial charge >= 0.3 is 6.09 Å². The minimum absolute atomic E-state index is 0.412. The summed E-state index contributed by atoms with van der Waals surface area (Å²) in [6.07, 6.45) is -0.412. The van der Waals surface area contributed by atoms with Gasteiger partial charge in [0.25, 0.3) is 0 Å². The number of benzene rings is 2. The Morgan fingerprint density at radius 2 is 1.58 bits per heavy atom. The molecule has 0 unspecified atom stereocenters. The second-order valence-electron chi connectivity index (χ2n) is 6.41. The van der Waals surface area contributed by atoms with Crippen LogP contribution in [-0.4, -0.2) is 11.7 Å². The zero-order valence-electron chi connectivity index (χ0n) is 14.1. The minimum atomic E-state index is -0.488. The molecule has 0 saturated carbocycles. The summed E-state index contributed by atoms with van der Waals surface area (Å²) < 4.78 is 12.0. The van der Waals surface area contributed by atoms with Gasteiger partial charge in [0, 0.05) is 11.0 Å². The fourth-order valence-electron chi connectivity index (χ4n) is 1.94. The monoisotopic (exact) mass is 391 g/mol. The lowest BCUT2D eigenvalue weighted by molar-refractivity contribution is 0.0523. The summed E-state index contributed by atoms with van der Waals surface area (Å²) in [6.45, 7) is 6.45. The first-order valence-electron chi connectivity index (χ1n) is 7.75. The number of ether oxygens (including phenoxy) is 2. The lowest BCUT2D eigenvalue weighted by Gasteiger charge is -2.19. The van der Waals surface area contributed by atoms with Crippen LogP contribution in [0.15, 0.2) is 53.0 Å². The Bertz CT molecular complexity index is 661. The Morgan fingerprint density at radius 1 is 1.00 bits per heavy atom. The Hall–Kier alpha value is -2.01. The molecule has 0 radical (unpaired) electrons. The van der Waals surface area contributed by atoms with Crippen LogP contribution in [0.4, 0.5) is 4.79 Å². The average molecular weight is 392 g/mol. The number of alkyl carbamates (subject to hydrolysis) is 1. The van der Waals surface area contributed by atoms with Crippen LogP contribution in [0.3, 0.4) is 0 Å². The van der Waals surface area contributed by atoms with Gasteiger partial charge in [0.05, 0.1) is 0 Å². The Kier molecular flexibility index (Phi) is 6.26. The molecule has 1 amide bonds. The van der Waals surface area contributed by atoms with Crippen LogP contribution in [0.1, 0.15) is 31.9 Å². The van der Waals surface area contributed by atoms with Crippen molar-refractivity contribution in [3.8, 4) is 5.75 Å². The van der Waals surface area contributed by atoms with E-state index < -0.39 is 11.7 Å². The smallest absolute Gasteiger partial charge is 0.407 e. The predicted octanol–water partition coefficient (Wildman–Crippen LogP) is 5.05. The SMILES string of the molecule is CC(C)(C)OC(=O)NCc1ccc(COc2ccc(Br)cc2)cc1. The topological polar surface area (TPSA) is 47.6 Å². The molecule has 0 atom stereocenters. The van der Waals surface area contributed by atoms with E-state index in [9.17, 15) is 4.79 Å². The average Bonchev–Trinajstić information content (AvgIpc) is 2.52. The number of carbonyl (C=O) groups excluding carboxylic acids is 1. The van der Waals surface area contributed by atoms with E-state index in [1.165, 1.54) is 0 Å². The first-order valence-corrected chi connectivity index (χ1v) is 8.54. The molecular weight excluding hydrogens is 370 g/mol. The highest BCUT2D eigenvalue weighted by atomic mass is 79.9. The maximum Gasteiger partial charge on any atom is 0.407 e. The van der Waals surface area contributed by atoms with Crippen molar-refractivity contribution in [1.29, 1.82) is 0 Å². The van der Waals surface area contributed by atoms with Crippen molar-refractivity contribution in [1.82, 2.24) is 5.32 Å². The van der Waals surface area contributed by atoms with Gasteiger partial charge in [-0.15, -0.1) is 0 Å². The van der Waals surface area contributed by atoms with E-state index in [0.29, 0.717) is 13.2 Å². The largest absolute Gasteiger partial charge is 0.489 e. The summed E-state index contributed by atoms with van der Waals surface area (Å²) in [5.74, 6) is 0.828. The number of carbonyl (C=O) groups is 1. The van der Waals surface area contributed by atoms with Crippen molar-refractivity contribution in [2.75, 3.05) is 0 Å². The highest BCUT2D eigenvalue weighted by Gasteiger charge is 2.15. The summed E-state index contributed by atoms with van der Waals surface area (Å²) in [4.78, 5) is 11.6. The van der Waals surface area contributed by atoms with Crippen LogP contribution in [0, 0.1) is 0 Å². The van der Waals surface area contributed by atoms with Gasteiger partial charge < -0.3 is 14.8 Å². The maximum atomic E-state index is 11.6. The third-order valence-corrected chi connectivity index (χ3v) is 3.61. The summed E-state index contributed by atoms with van der Waals surface area (Å²) in [5.41, 5.74) is 1.59. The van der Waals surface area contributed by atoms with E-state index in [1.54, 1.807) is 0 Å². The standard InChI is InChI=1S/C19H22BrNO3/c1-19(2,3)24-18(22)21-12-14-4-6-15(7-5-14)13-23-17-10-8-16(20)9-11-17/h4-11H,12-13H2,1-3H3,(H,21,22). The van der Waals surface area contributed by atoms with Gasteiger partial charge in [-0.2, -0.15) is 0 Å². The van der Waals surface area contributed by atoms with E-state index in [2.05, 4.69) is 21.2 Å². The molecule has 0 spiro atoms. The number of hydrogen-bond donors (Lipinski definition) is 1. The minimum Gasteiger partial charge on any atom is -0.489 e. The van der Waals surface area contributed by atoms with Crippen molar-refractivity contribution in [3.05, 3.63) is 64.1 Å². The van der Waals surface area contributed by atoms with E-state index >= 15 is 0 Å². The first-order chi connectivity index (χ1) is 11.3. The zero-order chi connectivity index (χ0) is 17.6. The van der Waals surface area contributed by atoms with Gasteiger partial charge in [0.2, 0.25) is 0 Å². The fourth-order valence-corrected chi connectivity index (χ4v) is 2.20. The number of halogens is 1. The van der Waals surface area contributed by atoms with Gasteiger partial charge in [-0.25, -0.2) is 4.79 Å². The summed E-state index contributed by atoms with van der Waals surface area (Å²) in [5, 5.41) is 2.74. The van der Waals surface area contributed by atoms with Crippen LogP contribution in [0.5, 0.6) is 5.75 Å². The van der Waals surface area contributed by atoms with Gasteiger partial charge in [-0.1, -0.05) is 40.2 Å². The van der Waals surface area contributed by atoms with E-state index in [-0.39, 0.29) is 0 Å². The van der Waals surface area contributed by atoms with Crippen LogP contribution < -0.4 is 10.1 Å². The third kappa shape index (κ3) is 6.62. The Labute approximate surface area is 151 Å². The molecule has 0 aromatic heterocycles. The first kappa shape index (κ1) is 18.3. The molecule has 0 aliphatic carbocycles. The molecule has 0 saturated heterocycles. The van der Waals surface area contributed by atoms with Crippen molar-refractivity contribution in [2.45, 2.75) is 39.5 Å². The zero-order valence-corrected chi connectivity index (χ0v) is 15.7. The molecule has 2 aromatic rings. The highest BCUT2D eigenvalue weighted by molar-refractivity contribution is 9.10. The summed E-state index contributed by atoms with van der Waals surface area (Å²) in [6, 6.07) is 15.7. The number of nitrogens with one attached hydrogen (secondary N) is 1. The summed E-state index contributed by atoms with van der Waals surface area (Å²) in [7, 11) is 0. The second kappa shape index (κ2) is 8.20. The normalized spacial score (nSPS) is 11.0. The summed E-state index contributed by atoms with van der Waals surface area (Å²) >= 11 is 3.40.